The lowest BCUT2D eigenvalue weighted by molar-refractivity contribution is 0.130. The molecule has 4 nitrogen and oxygen atoms in total. The number of aliphatic hydroxyl groups is 2. The smallest absolute Gasteiger partial charge is 0.125 e. The van der Waals surface area contributed by atoms with Gasteiger partial charge in [-0.15, -0.1) is 0 Å². The van der Waals surface area contributed by atoms with Crippen LogP contribution in [0.15, 0.2) is 18.2 Å². The highest BCUT2D eigenvalue weighted by Gasteiger charge is 2.20. The Morgan fingerprint density at radius 2 is 1.87 bits per heavy atom. The molecule has 1 aromatic carbocycles. The van der Waals surface area contributed by atoms with E-state index >= 15 is 0 Å². The summed E-state index contributed by atoms with van der Waals surface area (Å²) in [5, 5.41) is 19.7. The van der Waals surface area contributed by atoms with Crippen LogP contribution in [0.2, 0.25) is 0 Å². The first-order valence-corrected chi connectivity index (χ1v) is 8.62. The Labute approximate surface area is 141 Å². The van der Waals surface area contributed by atoms with E-state index in [-0.39, 0.29) is 12.0 Å². The maximum absolute atomic E-state index is 10.7. The van der Waals surface area contributed by atoms with E-state index in [0.717, 1.165) is 24.4 Å². The minimum absolute atomic E-state index is 0.0333. The first-order valence-electron chi connectivity index (χ1n) is 8.62. The molecule has 1 atom stereocenters. The summed E-state index contributed by atoms with van der Waals surface area (Å²) in [5.74, 6) is 0.762. The fraction of sp³-hybridized carbons (Fsp3) is 0.684. The number of hydrogen-bond acceptors (Lipinski definition) is 4. The van der Waals surface area contributed by atoms with Crippen LogP contribution in [0.5, 0.6) is 5.75 Å². The van der Waals surface area contributed by atoms with E-state index in [4.69, 9.17) is 9.84 Å². The second-order valence-corrected chi connectivity index (χ2v) is 6.90. The van der Waals surface area contributed by atoms with Crippen molar-refractivity contribution in [2.45, 2.75) is 52.6 Å². The predicted molar refractivity (Wildman–Crippen MR) is 95.1 cm³/mol. The molecule has 0 aromatic heterocycles. The molecule has 4 heteroatoms. The van der Waals surface area contributed by atoms with Crippen molar-refractivity contribution < 1.29 is 14.9 Å². The fourth-order valence-corrected chi connectivity index (χ4v) is 2.59. The Morgan fingerprint density at radius 1 is 1.17 bits per heavy atom. The zero-order chi connectivity index (χ0) is 17.5. The maximum Gasteiger partial charge on any atom is 0.125 e. The highest BCUT2D eigenvalue weighted by atomic mass is 16.5. The highest BCUT2D eigenvalue weighted by Crippen LogP contribution is 2.33. The minimum Gasteiger partial charge on any atom is -0.493 e. The molecule has 0 saturated carbocycles. The monoisotopic (exact) mass is 323 g/mol. The molecule has 0 fully saturated rings. The van der Waals surface area contributed by atoms with Gasteiger partial charge in [-0.3, -0.25) is 0 Å². The Kier molecular flexibility index (Phi) is 8.03. The molecule has 0 aliphatic carbocycles. The number of rotatable bonds is 9. The van der Waals surface area contributed by atoms with E-state index in [1.165, 1.54) is 5.56 Å². The number of ether oxygens (including phenoxy) is 1. The minimum atomic E-state index is -0.563. The Morgan fingerprint density at radius 3 is 2.39 bits per heavy atom. The molecule has 0 radical (unpaired) electrons. The molecule has 1 aromatic rings. The second-order valence-electron chi connectivity index (χ2n) is 6.90. The van der Waals surface area contributed by atoms with E-state index < -0.39 is 6.10 Å². The summed E-state index contributed by atoms with van der Waals surface area (Å²) >= 11 is 0. The molecule has 0 spiro atoms. The molecule has 132 valence electrons. The van der Waals surface area contributed by atoms with Crippen LogP contribution in [-0.2, 0) is 5.41 Å². The van der Waals surface area contributed by atoms with Crippen molar-refractivity contribution in [3.8, 4) is 5.75 Å². The molecule has 0 heterocycles. The van der Waals surface area contributed by atoms with Crippen LogP contribution in [0.3, 0.4) is 0 Å². The van der Waals surface area contributed by atoms with Crippen LogP contribution in [-0.4, -0.2) is 48.0 Å². The Hall–Kier alpha value is -1.10. The molecule has 2 N–H and O–H groups in total. The first kappa shape index (κ1) is 19.9. The molecule has 23 heavy (non-hydrogen) atoms. The summed E-state index contributed by atoms with van der Waals surface area (Å²) in [6.45, 7) is 13.5. The molecule has 1 unspecified atom stereocenters. The lowest BCUT2D eigenvalue weighted by Crippen LogP contribution is -2.28. The standard InChI is InChI=1S/C19H33NO3/c1-6-20(12-13-21)11-10-17(22)16-14-15(19(3,4)5)8-9-18(16)23-7-2/h8-9,14,17,21-22H,6-7,10-13H2,1-5H3. The molecule has 0 aliphatic rings. The lowest BCUT2D eigenvalue weighted by Gasteiger charge is -2.25. The summed E-state index contributed by atoms with van der Waals surface area (Å²) in [7, 11) is 0. The Bertz CT molecular complexity index is 468. The topological polar surface area (TPSA) is 52.9 Å². The van der Waals surface area contributed by atoms with Gasteiger partial charge in [-0.1, -0.05) is 33.8 Å². The first-order chi connectivity index (χ1) is 10.8. The van der Waals surface area contributed by atoms with Crippen LogP contribution in [0.25, 0.3) is 0 Å². The van der Waals surface area contributed by atoms with Crippen molar-refractivity contribution >= 4 is 0 Å². The summed E-state index contributed by atoms with van der Waals surface area (Å²) in [6, 6.07) is 6.11. The molecule has 0 aliphatic heterocycles. The summed E-state index contributed by atoms with van der Waals surface area (Å²) < 4.78 is 5.69. The van der Waals surface area contributed by atoms with Crippen molar-refractivity contribution in [1.29, 1.82) is 0 Å². The molecule has 1 rings (SSSR count). The average molecular weight is 323 g/mol. The Balaban J connectivity index is 2.93. The third-order valence-electron chi connectivity index (χ3n) is 4.12. The third kappa shape index (κ3) is 6.13. The van der Waals surface area contributed by atoms with Crippen molar-refractivity contribution in [1.82, 2.24) is 4.90 Å². The normalized spacial score (nSPS) is 13.4. The van der Waals surface area contributed by atoms with E-state index in [0.29, 0.717) is 19.6 Å². The zero-order valence-corrected chi connectivity index (χ0v) is 15.3. The van der Waals surface area contributed by atoms with Crippen molar-refractivity contribution in [2.24, 2.45) is 0 Å². The van der Waals surface area contributed by atoms with Gasteiger partial charge in [0, 0.05) is 18.7 Å². The van der Waals surface area contributed by atoms with Gasteiger partial charge in [-0.05, 0) is 43.0 Å². The molecular weight excluding hydrogens is 290 g/mol. The maximum atomic E-state index is 10.7. The fourth-order valence-electron chi connectivity index (χ4n) is 2.59. The molecule has 0 amide bonds. The molecule has 0 bridgehead atoms. The van der Waals surface area contributed by atoms with Crippen molar-refractivity contribution in [3.63, 3.8) is 0 Å². The van der Waals surface area contributed by atoms with Crippen LogP contribution in [0.1, 0.15) is 58.3 Å². The predicted octanol–water partition coefficient (Wildman–Crippen LogP) is 3.12. The number of hydrogen-bond donors (Lipinski definition) is 2. The van der Waals surface area contributed by atoms with Gasteiger partial charge in [0.2, 0.25) is 0 Å². The van der Waals surface area contributed by atoms with Gasteiger partial charge in [0.05, 0.1) is 19.3 Å². The van der Waals surface area contributed by atoms with E-state index in [2.05, 4.69) is 44.7 Å². The van der Waals surface area contributed by atoms with Crippen LogP contribution >= 0.6 is 0 Å². The van der Waals surface area contributed by atoms with Gasteiger partial charge < -0.3 is 19.8 Å². The van der Waals surface area contributed by atoms with Gasteiger partial charge in [-0.2, -0.15) is 0 Å². The van der Waals surface area contributed by atoms with Crippen molar-refractivity contribution in [2.75, 3.05) is 32.8 Å². The van der Waals surface area contributed by atoms with Gasteiger partial charge >= 0.3 is 0 Å². The summed E-state index contributed by atoms with van der Waals surface area (Å²) in [4.78, 5) is 2.14. The van der Waals surface area contributed by atoms with Crippen LogP contribution in [0.4, 0.5) is 0 Å². The molecule has 0 saturated heterocycles. The van der Waals surface area contributed by atoms with Crippen LogP contribution < -0.4 is 4.74 Å². The number of likely N-dealkylation sites (N-methyl/N-ethyl adjacent to an activating group) is 1. The number of nitrogens with zero attached hydrogens (tertiary/aromatic N) is 1. The second kappa shape index (κ2) is 9.26. The van der Waals surface area contributed by atoms with E-state index in [1.807, 2.05) is 13.0 Å². The van der Waals surface area contributed by atoms with Crippen LogP contribution in [0, 0.1) is 0 Å². The third-order valence-corrected chi connectivity index (χ3v) is 4.12. The molecular formula is C19H33NO3. The van der Waals surface area contributed by atoms with Gasteiger partial charge in [0.25, 0.3) is 0 Å². The van der Waals surface area contributed by atoms with Crippen molar-refractivity contribution in [3.05, 3.63) is 29.3 Å². The van der Waals surface area contributed by atoms with E-state index in [1.54, 1.807) is 0 Å². The SMILES string of the molecule is CCOc1ccc(C(C)(C)C)cc1C(O)CCN(CC)CCO. The summed E-state index contributed by atoms with van der Waals surface area (Å²) in [5.41, 5.74) is 2.09. The quantitative estimate of drug-likeness (QED) is 0.733. The van der Waals surface area contributed by atoms with Gasteiger partial charge in [0.1, 0.15) is 5.75 Å². The average Bonchev–Trinajstić information content (AvgIpc) is 2.50. The van der Waals surface area contributed by atoms with Gasteiger partial charge in [-0.25, -0.2) is 0 Å². The number of benzene rings is 1. The van der Waals surface area contributed by atoms with E-state index in [9.17, 15) is 5.11 Å². The summed E-state index contributed by atoms with van der Waals surface area (Å²) in [6.07, 6.45) is 0.0632. The zero-order valence-electron chi connectivity index (χ0n) is 15.3. The lowest BCUT2D eigenvalue weighted by atomic mass is 9.85. The largest absolute Gasteiger partial charge is 0.493 e. The van der Waals surface area contributed by atoms with Gasteiger partial charge in [0.15, 0.2) is 0 Å². The number of aliphatic hydroxyl groups excluding tert-OH is 2. The highest BCUT2D eigenvalue weighted by molar-refractivity contribution is 5.41.